The summed E-state index contributed by atoms with van der Waals surface area (Å²) in [5.41, 5.74) is 0.942. The number of rotatable bonds is 6. The summed E-state index contributed by atoms with van der Waals surface area (Å²) in [6.45, 7) is 9.09. The second-order valence-corrected chi connectivity index (χ2v) is 9.61. The molecule has 0 radical (unpaired) electrons. The monoisotopic (exact) mass is 421 g/mol. The van der Waals surface area contributed by atoms with Gasteiger partial charge in [-0.1, -0.05) is 19.1 Å². The quantitative estimate of drug-likeness (QED) is 0.706. The van der Waals surface area contributed by atoms with Crippen LogP contribution in [0.4, 0.5) is 4.39 Å². The fourth-order valence-corrected chi connectivity index (χ4v) is 5.12. The van der Waals surface area contributed by atoms with Crippen molar-refractivity contribution in [2.75, 3.05) is 38.5 Å². The van der Waals surface area contributed by atoms with Crippen molar-refractivity contribution in [2.24, 2.45) is 5.92 Å². The minimum Gasteiger partial charge on any atom is -0.342 e. The maximum absolute atomic E-state index is 13.3. The molecule has 0 aliphatic carbocycles. The second kappa shape index (κ2) is 9.94. The Kier molecular flexibility index (Phi) is 7.57. The van der Waals surface area contributed by atoms with Crippen LogP contribution in [-0.2, 0) is 9.59 Å². The minimum atomic E-state index is -0.272. The van der Waals surface area contributed by atoms with Gasteiger partial charge in [-0.3, -0.25) is 14.5 Å². The molecule has 2 saturated heterocycles. The average Bonchev–Trinajstić information content (AvgIpc) is 3.18. The summed E-state index contributed by atoms with van der Waals surface area (Å²) in [6.07, 6.45) is 2.10. The smallest absolute Gasteiger partial charge is 0.237 e. The van der Waals surface area contributed by atoms with Crippen molar-refractivity contribution >= 4 is 23.6 Å². The Hall–Kier alpha value is -1.60. The zero-order valence-electron chi connectivity index (χ0n) is 17.6. The van der Waals surface area contributed by atoms with Crippen LogP contribution in [0.5, 0.6) is 0 Å². The highest BCUT2D eigenvalue weighted by Crippen LogP contribution is 2.38. The Bertz CT molecular complexity index is 705. The highest BCUT2D eigenvalue weighted by molar-refractivity contribution is 7.99. The Morgan fingerprint density at radius 1 is 1.10 bits per heavy atom. The Morgan fingerprint density at radius 3 is 2.34 bits per heavy atom. The molecule has 2 heterocycles. The molecule has 0 spiro atoms. The first kappa shape index (κ1) is 22.1. The third kappa shape index (κ3) is 5.72. The molecule has 7 heteroatoms. The van der Waals surface area contributed by atoms with Crippen LogP contribution < -0.4 is 0 Å². The summed E-state index contributed by atoms with van der Waals surface area (Å²) in [7, 11) is 0. The Morgan fingerprint density at radius 2 is 1.72 bits per heavy atom. The lowest BCUT2D eigenvalue weighted by Crippen LogP contribution is -2.49. The number of carbonyl (C=O) groups is 2. The van der Waals surface area contributed by atoms with Crippen molar-refractivity contribution in [3.8, 4) is 0 Å². The summed E-state index contributed by atoms with van der Waals surface area (Å²) < 4.78 is 13.3. The molecule has 1 aromatic carbocycles. The maximum atomic E-state index is 13.3. The van der Waals surface area contributed by atoms with E-state index in [1.165, 1.54) is 12.1 Å². The first-order valence-corrected chi connectivity index (χ1v) is 11.6. The number of thioether (sulfide) groups is 1. The largest absolute Gasteiger partial charge is 0.342 e. The zero-order valence-corrected chi connectivity index (χ0v) is 18.5. The summed E-state index contributed by atoms with van der Waals surface area (Å²) in [5.74, 6) is 1.41. The number of benzene rings is 1. The van der Waals surface area contributed by atoms with E-state index in [0.29, 0.717) is 12.5 Å². The molecule has 2 fully saturated rings. The van der Waals surface area contributed by atoms with Crippen LogP contribution >= 0.6 is 11.8 Å². The standard InChI is InChI=1S/C22H32FN3O2S/c1-16(2)25(14-20(27)24-10-8-17(3)9-11-24)15-21(28)26-12-13-29-22(26)18-4-6-19(23)7-5-18/h4-7,16-17,22H,8-15H2,1-3H3/t22-/m0/s1. The van der Waals surface area contributed by atoms with Crippen molar-refractivity contribution in [1.29, 1.82) is 0 Å². The van der Waals surface area contributed by atoms with E-state index in [1.54, 1.807) is 23.9 Å². The molecule has 2 amide bonds. The van der Waals surface area contributed by atoms with E-state index in [-0.39, 0.29) is 42.1 Å². The molecule has 0 bridgehead atoms. The van der Waals surface area contributed by atoms with E-state index in [1.807, 2.05) is 28.5 Å². The molecule has 5 nitrogen and oxygen atoms in total. The number of piperidine rings is 1. The van der Waals surface area contributed by atoms with Gasteiger partial charge in [-0.25, -0.2) is 4.39 Å². The lowest BCUT2D eigenvalue weighted by atomic mass is 9.99. The molecular weight excluding hydrogens is 389 g/mol. The van der Waals surface area contributed by atoms with Crippen LogP contribution in [0, 0.1) is 11.7 Å². The highest BCUT2D eigenvalue weighted by Gasteiger charge is 2.32. The molecule has 1 aromatic rings. The SMILES string of the molecule is CC1CCN(C(=O)CN(CC(=O)N2CCS[C@H]2c2ccc(F)cc2)C(C)C)CC1. The van der Waals surface area contributed by atoms with Gasteiger partial charge in [0.2, 0.25) is 11.8 Å². The van der Waals surface area contributed by atoms with Crippen molar-refractivity contribution in [3.63, 3.8) is 0 Å². The van der Waals surface area contributed by atoms with Crippen LogP contribution in [0.1, 0.15) is 44.6 Å². The number of hydrogen-bond acceptors (Lipinski definition) is 4. The Labute approximate surface area is 177 Å². The van der Waals surface area contributed by atoms with E-state index in [4.69, 9.17) is 0 Å². The van der Waals surface area contributed by atoms with E-state index < -0.39 is 0 Å². The van der Waals surface area contributed by atoms with Gasteiger partial charge in [-0.2, -0.15) is 0 Å². The first-order chi connectivity index (χ1) is 13.8. The number of amides is 2. The van der Waals surface area contributed by atoms with Crippen molar-refractivity contribution < 1.29 is 14.0 Å². The van der Waals surface area contributed by atoms with Crippen LogP contribution in [0.25, 0.3) is 0 Å². The third-order valence-electron chi connectivity index (χ3n) is 5.91. The van der Waals surface area contributed by atoms with Gasteiger partial charge >= 0.3 is 0 Å². The van der Waals surface area contributed by atoms with Crippen molar-refractivity contribution in [2.45, 2.75) is 45.0 Å². The van der Waals surface area contributed by atoms with Crippen LogP contribution in [0.3, 0.4) is 0 Å². The second-order valence-electron chi connectivity index (χ2n) is 8.42. The molecule has 2 aliphatic heterocycles. The summed E-state index contributed by atoms with van der Waals surface area (Å²) in [5, 5.41) is -0.0867. The Balaban J connectivity index is 1.61. The number of carbonyl (C=O) groups excluding carboxylic acids is 2. The normalized spacial score (nSPS) is 20.7. The fourth-order valence-electron chi connectivity index (χ4n) is 3.85. The van der Waals surface area contributed by atoms with Gasteiger partial charge in [0.05, 0.1) is 13.1 Å². The predicted octanol–water partition coefficient (Wildman–Crippen LogP) is 3.37. The van der Waals surface area contributed by atoms with E-state index >= 15 is 0 Å². The lowest BCUT2D eigenvalue weighted by molar-refractivity contribution is -0.137. The molecular formula is C22H32FN3O2S. The fraction of sp³-hybridized carbons (Fsp3) is 0.636. The average molecular weight is 422 g/mol. The van der Waals surface area contributed by atoms with Gasteiger partial charge in [0, 0.05) is 31.4 Å². The first-order valence-electron chi connectivity index (χ1n) is 10.5. The zero-order chi connectivity index (χ0) is 21.0. The summed E-state index contributed by atoms with van der Waals surface area (Å²) >= 11 is 1.70. The van der Waals surface area contributed by atoms with E-state index in [0.717, 1.165) is 37.2 Å². The molecule has 0 saturated carbocycles. The highest BCUT2D eigenvalue weighted by atomic mass is 32.2. The number of likely N-dealkylation sites (tertiary alicyclic amines) is 1. The molecule has 0 N–H and O–H groups in total. The summed E-state index contributed by atoms with van der Waals surface area (Å²) in [6, 6.07) is 6.48. The number of nitrogens with zero attached hydrogens (tertiary/aromatic N) is 3. The number of hydrogen-bond donors (Lipinski definition) is 0. The van der Waals surface area contributed by atoms with Gasteiger partial charge in [0.25, 0.3) is 0 Å². The summed E-state index contributed by atoms with van der Waals surface area (Å²) in [4.78, 5) is 31.6. The van der Waals surface area contributed by atoms with Crippen LogP contribution in [-0.4, -0.2) is 71.0 Å². The van der Waals surface area contributed by atoms with Gasteiger partial charge in [0.15, 0.2) is 0 Å². The van der Waals surface area contributed by atoms with Gasteiger partial charge < -0.3 is 9.80 Å². The van der Waals surface area contributed by atoms with E-state index in [2.05, 4.69) is 6.92 Å². The van der Waals surface area contributed by atoms with E-state index in [9.17, 15) is 14.0 Å². The number of halogens is 1. The minimum absolute atomic E-state index is 0.0260. The van der Waals surface area contributed by atoms with Crippen molar-refractivity contribution in [3.05, 3.63) is 35.6 Å². The molecule has 160 valence electrons. The lowest BCUT2D eigenvalue weighted by Gasteiger charge is -2.34. The topological polar surface area (TPSA) is 43.9 Å². The van der Waals surface area contributed by atoms with Gasteiger partial charge in [-0.15, -0.1) is 11.8 Å². The van der Waals surface area contributed by atoms with Gasteiger partial charge in [-0.05, 0) is 50.3 Å². The predicted molar refractivity (Wildman–Crippen MR) is 115 cm³/mol. The van der Waals surface area contributed by atoms with Crippen LogP contribution in [0.15, 0.2) is 24.3 Å². The molecule has 1 atom stereocenters. The molecule has 2 aliphatic rings. The van der Waals surface area contributed by atoms with Crippen LogP contribution in [0.2, 0.25) is 0 Å². The van der Waals surface area contributed by atoms with Gasteiger partial charge in [0.1, 0.15) is 11.2 Å². The maximum Gasteiger partial charge on any atom is 0.237 e. The molecule has 0 aromatic heterocycles. The molecule has 29 heavy (non-hydrogen) atoms. The molecule has 3 rings (SSSR count). The third-order valence-corrected chi connectivity index (χ3v) is 7.17. The molecule has 0 unspecified atom stereocenters. The van der Waals surface area contributed by atoms with Crippen molar-refractivity contribution in [1.82, 2.24) is 14.7 Å².